The van der Waals surface area contributed by atoms with Crippen molar-refractivity contribution in [3.8, 4) is 0 Å². The predicted octanol–water partition coefficient (Wildman–Crippen LogP) is -0.399. The number of nitrogens with zero attached hydrogens (tertiary/aromatic N) is 3. The molecule has 1 unspecified atom stereocenters. The fourth-order valence-corrected chi connectivity index (χ4v) is 1.66. The lowest BCUT2D eigenvalue weighted by atomic mass is 10.3. The van der Waals surface area contributed by atoms with Gasteiger partial charge in [0.2, 0.25) is 5.91 Å². The van der Waals surface area contributed by atoms with Crippen LogP contribution in [0.1, 0.15) is 12.8 Å². The van der Waals surface area contributed by atoms with Crippen LogP contribution >= 0.6 is 7.60 Å². The molecule has 16 heavy (non-hydrogen) atoms. The standard InChI is InChI=1S/C7H12N3O5P/c11-7(2-1-3-16(13,14)15)10(12)6-4-8-5-9-6/h4-6,12H,1-3H2,(H2,13,14,15). The van der Waals surface area contributed by atoms with E-state index in [-0.39, 0.29) is 19.0 Å². The van der Waals surface area contributed by atoms with Crippen LogP contribution < -0.4 is 0 Å². The third-order valence-electron chi connectivity index (χ3n) is 1.85. The van der Waals surface area contributed by atoms with Gasteiger partial charge in [-0.15, -0.1) is 0 Å². The minimum atomic E-state index is -4.09. The Balaban J connectivity index is 2.32. The quantitative estimate of drug-likeness (QED) is 0.347. The van der Waals surface area contributed by atoms with E-state index in [0.717, 1.165) is 0 Å². The third kappa shape index (κ3) is 4.19. The van der Waals surface area contributed by atoms with Gasteiger partial charge in [-0.1, -0.05) is 0 Å². The lowest BCUT2D eigenvalue weighted by molar-refractivity contribution is -0.169. The highest BCUT2D eigenvalue weighted by Crippen LogP contribution is 2.35. The van der Waals surface area contributed by atoms with Crippen LogP contribution in [0.3, 0.4) is 0 Å². The first kappa shape index (κ1) is 13.0. The molecule has 1 atom stereocenters. The van der Waals surface area contributed by atoms with Gasteiger partial charge in [0.1, 0.15) is 6.34 Å². The lowest BCUT2D eigenvalue weighted by Crippen LogP contribution is -2.36. The minimum absolute atomic E-state index is 0.00769. The molecule has 0 bridgehead atoms. The summed E-state index contributed by atoms with van der Waals surface area (Å²) in [6, 6.07) is 0. The molecule has 1 amide bonds. The fourth-order valence-electron chi connectivity index (χ4n) is 1.09. The molecule has 0 fully saturated rings. The topological polar surface area (TPSA) is 123 Å². The van der Waals surface area contributed by atoms with Gasteiger partial charge in [-0.2, -0.15) is 5.06 Å². The number of hydrogen-bond donors (Lipinski definition) is 3. The molecule has 0 spiro atoms. The summed E-state index contributed by atoms with van der Waals surface area (Å²) in [5.41, 5.74) is 0. The number of carbonyl (C=O) groups is 1. The molecular formula is C7H12N3O5P. The maximum atomic E-state index is 11.3. The second-order valence-electron chi connectivity index (χ2n) is 3.21. The summed E-state index contributed by atoms with van der Waals surface area (Å²) in [7, 11) is -4.09. The number of rotatable bonds is 5. The van der Waals surface area contributed by atoms with Crippen LogP contribution in [0.5, 0.6) is 0 Å². The number of hydrogen-bond acceptors (Lipinski definition) is 5. The minimum Gasteiger partial charge on any atom is -0.324 e. The smallest absolute Gasteiger partial charge is 0.324 e. The Morgan fingerprint density at radius 2 is 2.19 bits per heavy atom. The van der Waals surface area contributed by atoms with E-state index in [9.17, 15) is 14.6 Å². The summed E-state index contributed by atoms with van der Waals surface area (Å²) < 4.78 is 10.5. The Kier molecular flexibility index (Phi) is 4.31. The second-order valence-corrected chi connectivity index (χ2v) is 4.98. The van der Waals surface area contributed by atoms with Gasteiger partial charge in [0.25, 0.3) is 0 Å². The highest BCUT2D eigenvalue weighted by Gasteiger charge is 2.22. The molecule has 0 saturated carbocycles. The largest absolute Gasteiger partial charge is 0.325 e. The second kappa shape index (κ2) is 5.31. The molecular weight excluding hydrogens is 237 g/mol. The van der Waals surface area contributed by atoms with Crippen LogP contribution in [-0.2, 0) is 9.36 Å². The zero-order chi connectivity index (χ0) is 12.2. The lowest BCUT2D eigenvalue weighted by Gasteiger charge is -2.17. The van der Waals surface area contributed by atoms with E-state index >= 15 is 0 Å². The molecule has 0 aliphatic carbocycles. The van der Waals surface area contributed by atoms with Crippen molar-refractivity contribution in [2.75, 3.05) is 6.16 Å². The predicted molar refractivity (Wildman–Crippen MR) is 55.5 cm³/mol. The van der Waals surface area contributed by atoms with Crippen molar-refractivity contribution < 1.29 is 24.4 Å². The number of carbonyl (C=O) groups excluding carboxylic acids is 1. The van der Waals surface area contributed by atoms with Gasteiger partial charge >= 0.3 is 7.60 Å². The number of amides is 1. The molecule has 1 aliphatic rings. The van der Waals surface area contributed by atoms with Gasteiger partial charge in [-0.25, -0.2) is 9.98 Å². The molecule has 0 aromatic carbocycles. The summed E-state index contributed by atoms with van der Waals surface area (Å²) in [5, 5.41) is 9.73. The van der Waals surface area contributed by atoms with Crippen LogP contribution in [-0.4, -0.2) is 50.8 Å². The van der Waals surface area contributed by atoms with Crippen molar-refractivity contribution in [3.05, 3.63) is 0 Å². The molecule has 8 nitrogen and oxygen atoms in total. The van der Waals surface area contributed by atoms with Gasteiger partial charge in [-0.3, -0.25) is 14.6 Å². The Hall–Kier alpha value is -1.08. The molecule has 0 radical (unpaired) electrons. The molecule has 0 aromatic rings. The van der Waals surface area contributed by atoms with E-state index in [2.05, 4.69) is 9.98 Å². The SMILES string of the molecule is O=C(CCCP(=O)(O)O)N(O)C1C=NC=N1. The van der Waals surface area contributed by atoms with Crippen molar-refractivity contribution in [2.45, 2.75) is 19.0 Å². The zero-order valence-electron chi connectivity index (χ0n) is 8.30. The van der Waals surface area contributed by atoms with E-state index < -0.39 is 19.7 Å². The Bertz CT molecular complexity index is 351. The number of aliphatic imine (C=N–C) groups is 2. The monoisotopic (exact) mass is 249 g/mol. The van der Waals surface area contributed by atoms with Crippen LogP contribution in [0.4, 0.5) is 0 Å². The molecule has 0 saturated heterocycles. The maximum Gasteiger partial charge on any atom is 0.325 e. The molecule has 9 heteroatoms. The normalized spacial score (nSPS) is 19.1. The Morgan fingerprint density at radius 1 is 1.50 bits per heavy atom. The molecule has 1 heterocycles. The van der Waals surface area contributed by atoms with Crippen LogP contribution in [0.25, 0.3) is 0 Å². The van der Waals surface area contributed by atoms with Crippen molar-refractivity contribution in [3.63, 3.8) is 0 Å². The molecule has 3 N–H and O–H groups in total. The van der Waals surface area contributed by atoms with Crippen LogP contribution in [0.15, 0.2) is 9.98 Å². The average Bonchev–Trinajstić information content (AvgIpc) is 2.67. The summed E-state index contributed by atoms with van der Waals surface area (Å²) >= 11 is 0. The van der Waals surface area contributed by atoms with Crippen molar-refractivity contribution in [1.29, 1.82) is 0 Å². The highest BCUT2D eigenvalue weighted by atomic mass is 31.2. The molecule has 1 rings (SSSR count). The van der Waals surface area contributed by atoms with Gasteiger partial charge in [-0.05, 0) is 6.42 Å². The Morgan fingerprint density at radius 3 is 2.69 bits per heavy atom. The first-order valence-electron chi connectivity index (χ1n) is 4.50. The number of hydroxylamine groups is 2. The molecule has 90 valence electrons. The van der Waals surface area contributed by atoms with E-state index in [0.29, 0.717) is 5.06 Å². The van der Waals surface area contributed by atoms with Gasteiger partial charge in [0.05, 0.1) is 12.4 Å². The van der Waals surface area contributed by atoms with Crippen molar-refractivity contribution in [1.82, 2.24) is 5.06 Å². The summed E-state index contributed by atoms with van der Waals surface area (Å²) in [6.07, 6.45) is 1.13. The van der Waals surface area contributed by atoms with Gasteiger partial charge in [0, 0.05) is 6.42 Å². The zero-order valence-corrected chi connectivity index (χ0v) is 9.19. The van der Waals surface area contributed by atoms with E-state index in [1.165, 1.54) is 12.6 Å². The summed E-state index contributed by atoms with van der Waals surface area (Å²) in [5.74, 6) is -0.649. The van der Waals surface area contributed by atoms with Crippen LogP contribution in [0.2, 0.25) is 0 Å². The maximum absolute atomic E-state index is 11.3. The fraction of sp³-hybridized carbons (Fsp3) is 0.571. The van der Waals surface area contributed by atoms with Crippen molar-refractivity contribution in [2.24, 2.45) is 9.98 Å². The van der Waals surface area contributed by atoms with E-state index in [1.54, 1.807) is 0 Å². The first-order valence-corrected chi connectivity index (χ1v) is 6.30. The van der Waals surface area contributed by atoms with Gasteiger partial charge in [0.15, 0.2) is 6.17 Å². The average molecular weight is 249 g/mol. The highest BCUT2D eigenvalue weighted by molar-refractivity contribution is 7.51. The van der Waals surface area contributed by atoms with Crippen LogP contribution in [0, 0.1) is 0 Å². The van der Waals surface area contributed by atoms with Gasteiger partial charge < -0.3 is 9.79 Å². The summed E-state index contributed by atoms with van der Waals surface area (Å²) in [4.78, 5) is 35.7. The third-order valence-corrected chi connectivity index (χ3v) is 2.75. The van der Waals surface area contributed by atoms with E-state index in [1.807, 2.05) is 0 Å². The van der Waals surface area contributed by atoms with Crippen molar-refractivity contribution >= 4 is 26.1 Å². The Labute approximate surface area is 91.4 Å². The molecule has 0 aromatic heterocycles. The summed E-state index contributed by atoms with van der Waals surface area (Å²) in [6.45, 7) is 0. The first-order chi connectivity index (χ1) is 7.40. The van der Waals surface area contributed by atoms with E-state index in [4.69, 9.17) is 9.79 Å². The molecule has 1 aliphatic heterocycles.